The molecule has 1 rings (SSSR count). The first-order valence-electron chi connectivity index (χ1n) is 5.10. The lowest BCUT2D eigenvalue weighted by Crippen LogP contribution is -2.36. The molecule has 0 saturated carbocycles. The molecule has 8 heteroatoms. The van der Waals surface area contributed by atoms with Crippen LogP contribution in [0.4, 0.5) is 18.9 Å². The summed E-state index contributed by atoms with van der Waals surface area (Å²) in [4.78, 5) is 10.8. The van der Waals surface area contributed by atoms with E-state index in [1.165, 1.54) is 0 Å². The minimum Gasteiger partial charge on any atom is -0.480 e. The summed E-state index contributed by atoms with van der Waals surface area (Å²) in [6.07, 6.45) is -4.57. The zero-order valence-corrected chi connectivity index (χ0v) is 9.53. The highest BCUT2D eigenvalue weighted by molar-refractivity contribution is 5.78. The monoisotopic (exact) mass is 273 g/mol. The number of carboxylic acid groups (broad SMARTS) is 1. The third kappa shape index (κ3) is 3.59. The molecule has 0 aliphatic heterocycles. The van der Waals surface area contributed by atoms with Gasteiger partial charge in [0.1, 0.15) is 12.1 Å². The summed E-state index contributed by atoms with van der Waals surface area (Å²) in [5.41, 5.74) is 3.93. The van der Waals surface area contributed by atoms with Gasteiger partial charge >= 0.3 is 12.1 Å². The molecule has 19 heavy (non-hydrogen) atoms. The molecular formula is C11H10F3N3O2. The van der Waals surface area contributed by atoms with Crippen LogP contribution >= 0.6 is 0 Å². The van der Waals surface area contributed by atoms with Gasteiger partial charge in [0, 0.05) is 6.54 Å². The number of aliphatic carboxylic acids is 1. The van der Waals surface area contributed by atoms with E-state index < -0.39 is 23.8 Å². The van der Waals surface area contributed by atoms with E-state index in [-0.39, 0.29) is 17.8 Å². The van der Waals surface area contributed by atoms with E-state index in [2.05, 4.69) is 5.32 Å². The molecule has 0 aliphatic carbocycles. The van der Waals surface area contributed by atoms with Gasteiger partial charge in [0.2, 0.25) is 0 Å². The summed E-state index contributed by atoms with van der Waals surface area (Å²) < 4.78 is 37.3. The van der Waals surface area contributed by atoms with Crippen molar-refractivity contribution in [3.63, 3.8) is 0 Å². The lowest BCUT2D eigenvalue weighted by molar-refractivity contribution is -0.138. The molecule has 0 radical (unpaired) electrons. The summed E-state index contributed by atoms with van der Waals surface area (Å²) in [6, 6.07) is 2.82. The largest absolute Gasteiger partial charge is 0.480 e. The zero-order valence-electron chi connectivity index (χ0n) is 9.53. The third-order valence-electron chi connectivity index (χ3n) is 2.33. The quantitative estimate of drug-likeness (QED) is 0.770. The molecule has 0 spiro atoms. The number of alkyl halides is 3. The Morgan fingerprint density at radius 1 is 1.53 bits per heavy atom. The maximum atomic E-state index is 12.4. The van der Waals surface area contributed by atoms with Gasteiger partial charge in [0.05, 0.1) is 16.8 Å². The fraction of sp³-hybridized carbons (Fsp3) is 0.273. The number of halogens is 3. The minimum absolute atomic E-state index is 0.00616. The number of anilines is 1. The molecule has 1 unspecified atom stereocenters. The Kier molecular flexibility index (Phi) is 4.34. The normalized spacial score (nSPS) is 12.6. The first-order valence-corrected chi connectivity index (χ1v) is 5.10. The maximum absolute atomic E-state index is 12.4. The Morgan fingerprint density at radius 2 is 2.16 bits per heavy atom. The number of nitrogens with zero attached hydrogens (tertiary/aromatic N) is 1. The summed E-state index contributed by atoms with van der Waals surface area (Å²) in [7, 11) is 0. The highest BCUT2D eigenvalue weighted by atomic mass is 19.4. The van der Waals surface area contributed by atoms with Crippen molar-refractivity contribution < 1.29 is 23.1 Å². The molecule has 4 N–H and O–H groups in total. The number of benzene rings is 1. The Labute approximate surface area is 106 Å². The number of hydrogen-bond acceptors (Lipinski definition) is 4. The molecular weight excluding hydrogens is 263 g/mol. The van der Waals surface area contributed by atoms with Crippen molar-refractivity contribution in [2.75, 3.05) is 11.9 Å². The van der Waals surface area contributed by atoms with Gasteiger partial charge in [0.15, 0.2) is 0 Å². The van der Waals surface area contributed by atoms with Crippen LogP contribution in [-0.4, -0.2) is 23.7 Å². The second-order valence-corrected chi connectivity index (χ2v) is 3.64. The molecule has 0 fully saturated rings. The van der Waals surface area contributed by atoms with Crippen LogP contribution in [0.3, 0.4) is 0 Å². The highest BCUT2D eigenvalue weighted by Crippen LogP contribution is 2.31. The van der Waals surface area contributed by atoms with E-state index in [4.69, 9.17) is 16.1 Å². The standard InChI is InChI=1S/C11H10F3N3O2/c12-11(13,14)7-1-2-8(6(3-7)4-15)17-9(5-16)10(18)19/h1-3,9,17H,5,16H2,(H,18,19). The average Bonchev–Trinajstić information content (AvgIpc) is 2.34. The van der Waals surface area contributed by atoms with Gasteiger partial charge in [0.25, 0.3) is 0 Å². The fourth-order valence-electron chi connectivity index (χ4n) is 1.35. The van der Waals surface area contributed by atoms with Crippen LogP contribution in [0.5, 0.6) is 0 Å². The smallest absolute Gasteiger partial charge is 0.416 e. The Hall–Kier alpha value is -2.27. The van der Waals surface area contributed by atoms with Crippen LogP contribution < -0.4 is 11.1 Å². The molecule has 0 saturated heterocycles. The van der Waals surface area contributed by atoms with Crippen LogP contribution in [0, 0.1) is 11.3 Å². The average molecular weight is 273 g/mol. The Morgan fingerprint density at radius 3 is 2.58 bits per heavy atom. The van der Waals surface area contributed by atoms with Gasteiger partial charge < -0.3 is 16.2 Å². The summed E-state index contributed by atoms with van der Waals surface area (Å²) >= 11 is 0. The van der Waals surface area contributed by atoms with Crippen molar-refractivity contribution in [3.05, 3.63) is 29.3 Å². The van der Waals surface area contributed by atoms with Gasteiger partial charge in [-0.3, -0.25) is 0 Å². The molecule has 0 aromatic heterocycles. The summed E-state index contributed by atoms with van der Waals surface area (Å²) in [6.45, 7) is -0.263. The fourth-order valence-corrected chi connectivity index (χ4v) is 1.35. The number of nitrogens with two attached hydrogens (primary N) is 1. The topological polar surface area (TPSA) is 99.1 Å². The van der Waals surface area contributed by atoms with Crippen LogP contribution in [0.25, 0.3) is 0 Å². The summed E-state index contributed by atoms with van der Waals surface area (Å²) in [5.74, 6) is -1.26. The van der Waals surface area contributed by atoms with Gasteiger partial charge in [-0.05, 0) is 18.2 Å². The predicted octanol–water partition coefficient (Wildman–Crippen LogP) is 1.40. The van der Waals surface area contributed by atoms with Crippen molar-refractivity contribution in [2.45, 2.75) is 12.2 Å². The number of rotatable bonds is 4. The number of carbonyl (C=O) groups is 1. The molecule has 1 aromatic carbocycles. The van der Waals surface area contributed by atoms with Crippen molar-refractivity contribution in [2.24, 2.45) is 5.73 Å². The van der Waals surface area contributed by atoms with Gasteiger partial charge in [-0.15, -0.1) is 0 Å². The van der Waals surface area contributed by atoms with Crippen molar-refractivity contribution in [1.29, 1.82) is 5.26 Å². The van der Waals surface area contributed by atoms with Crippen molar-refractivity contribution >= 4 is 11.7 Å². The van der Waals surface area contributed by atoms with E-state index in [1.807, 2.05) is 0 Å². The molecule has 5 nitrogen and oxygen atoms in total. The Bertz CT molecular complexity index is 523. The van der Waals surface area contributed by atoms with Crippen molar-refractivity contribution in [1.82, 2.24) is 0 Å². The molecule has 1 aromatic rings. The van der Waals surface area contributed by atoms with Crippen LogP contribution in [0.2, 0.25) is 0 Å². The van der Waals surface area contributed by atoms with Crippen molar-refractivity contribution in [3.8, 4) is 6.07 Å². The SMILES string of the molecule is N#Cc1cc(C(F)(F)F)ccc1NC(CN)C(=O)O. The van der Waals surface area contributed by atoms with Crippen LogP contribution in [-0.2, 0) is 11.0 Å². The Balaban J connectivity index is 3.11. The van der Waals surface area contributed by atoms with Gasteiger partial charge in [-0.2, -0.15) is 18.4 Å². The van der Waals surface area contributed by atoms with E-state index in [0.717, 1.165) is 12.1 Å². The summed E-state index contributed by atoms with van der Waals surface area (Å²) in [5, 5.41) is 20.0. The third-order valence-corrected chi connectivity index (χ3v) is 2.33. The van der Waals surface area contributed by atoms with E-state index >= 15 is 0 Å². The van der Waals surface area contributed by atoms with E-state index in [1.54, 1.807) is 6.07 Å². The van der Waals surface area contributed by atoms with Gasteiger partial charge in [-0.25, -0.2) is 4.79 Å². The molecule has 0 heterocycles. The lowest BCUT2D eigenvalue weighted by Gasteiger charge is -2.16. The zero-order chi connectivity index (χ0) is 14.6. The van der Waals surface area contributed by atoms with E-state index in [0.29, 0.717) is 6.07 Å². The second-order valence-electron chi connectivity index (χ2n) is 3.64. The highest BCUT2D eigenvalue weighted by Gasteiger charge is 2.31. The molecule has 0 bridgehead atoms. The number of nitrogens with one attached hydrogen (secondary N) is 1. The molecule has 0 aliphatic rings. The molecule has 1 atom stereocenters. The molecule has 0 amide bonds. The minimum atomic E-state index is -4.57. The number of hydrogen-bond donors (Lipinski definition) is 3. The van der Waals surface area contributed by atoms with Crippen LogP contribution in [0.1, 0.15) is 11.1 Å². The first kappa shape index (κ1) is 14.8. The second kappa shape index (κ2) is 5.58. The number of carboxylic acids is 1. The first-order chi connectivity index (χ1) is 8.79. The lowest BCUT2D eigenvalue weighted by atomic mass is 10.1. The predicted molar refractivity (Wildman–Crippen MR) is 60.3 cm³/mol. The van der Waals surface area contributed by atoms with Gasteiger partial charge in [-0.1, -0.05) is 0 Å². The van der Waals surface area contributed by atoms with E-state index in [9.17, 15) is 18.0 Å². The van der Waals surface area contributed by atoms with Crippen LogP contribution in [0.15, 0.2) is 18.2 Å². The number of nitriles is 1. The maximum Gasteiger partial charge on any atom is 0.416 e. The molecule has 102 valence electrons.